The zero-order chi connectivity index (χ0) is 13.0. The molecule has 4 heteroatoms. The molecule has 1 aliphatic rings. The molecular formula is C14H26N4. The van der Waals surface area contributed by atoms with Crippen LogP contribution in [0.25, 0.3) is 0 Å². The van der Waals surface area contributed by atoms with E-state index in [9.17, 15) is 0 Å². The van der Waals surface area contributed by atoms with Crippen LogP contribution in [-0.2, 0) is 13.6 Å². The molecule has 2 rings (SSSR count). The molecule has 1 fully saturated rings. The van der Waals surface area contributed by atoms with Crippen LogP contribution >= 0.6 is 0 Å². The van der Waals surface area contributed by atoms with E-state index in [0.717, 1.165) is 24.8 Å². The van der Waals surface area contributed by atoms with Crippen molar-refractivity contribution in [3.8, 4) is 0 Å². The van der Waals surface area contributed by atoms with Gasteiger partial charge < -0.3 is 10.3 Å². The second-order valence-electron chi connectivity index (χ2n) is 5.57. The minimum absolute atomic E-state index is 0.502. The van der Waals surface area contributed by atoms with Gasteiger partial charge in [0.1, 0.15) is 5.82 Å². The number of aromatic nitrogens is 2. The predicted octanol–water partition coefficient (Wildman–Crippen LogP) is 1.76. The van der Waals surface area contributed by atoms with E-state index < -0.39 is 0 Å². The molecule has 1 heterocycles. The monoisotopic (exact) mass is 250 g/mol. The normalized spacial score (nSPS) is 19.3. The van der Waals surface area contributed by atoms with E-state index >= 15 is 0 Å². The lowest BCUT2D eigenvalue weighted by atomic mass is 9.83. The van der Waals surface area contributed by atoms with Crippen LogP contribution in [0.4, 0.5) is 0 Å². The van der Waals surface area contributed by atoms with Crippen LogP contribution in [0.3, 0.4) is 0 Å². The minimum atomic E-state index is 0.502. The van der Waals surface area contributed by atoms with Gasteiger partial charge in [0.15, 0.2) is 0 Å². The van der Waals surface area contributed by atoms with Crippen molar-refractivity contribution in [3.63, 3.8) is 0 Å². The van der Waals surface area contributed by atoms with Crippen molar-refractivity contribution in [2.45, 2.75) is 44.7 Å². The predicted molar refractivity (Wildman–Crippen MR) is 74.1 cm³/mol. The topological polar surface area (TPSA) is 47.1 Å². The third kappa shape index (κ3) is 3.12. The summed E-state index contributed by atoms with van der Waals surface area (Å²) >= 11 is 0. The van der Waals surface area contributed by atoms with E-state index in [-0.39, 0.29) is 0 Å². The molecule has 18 heavy (non-hydrogen) atoms. The summed E-state index contributed by atoms with van der Waals surface area (Å²) in [5.41, 5.74) is 6.00. The Balaban J connectivity index is 1.96. The largest absolute Gasteiger partial charge is 0.337 e. The summed E-state index contributed by atoms with van der Waals surface area (Å²) in [6.45, 7) is 1.65. The molecule has 0 aliphatic heterocycles. The first-order valence-corrected chi connectivity index (χ1v) is 7.09. The highest BCUT2D eigenvalue weighted by atomic mass is 15.2. The second-order valence-corrected chi connectivity index (χ2v) is 5.57. The second kappa shape index (κ2) is 6.34. The van der Waals surface area contributed by atoms with Crippen molar-refractivity contribution in [3.05, 3.63) is 18.2 Å². The van der Waals surface area contributed by atoms with Gasteiger partial charge in [-0.25, -0.2) is 4.98 Å². The fraction of sp³-hybridized carbons (Fsp3) is 0.786. The van der Waals surface area contributed by atoms with Crippen molar-refractivity contribution < 1.29 is 0 Å². The SMILES string of the molecule is CN(Cc1nccn1C)C(CN)C1CCCCC1. The van der Waals surface area contributed by atoms with Gasteiger partial charge in [-0.2, -0.15) is 0 Å². The summed E-state index contributed by atoms with van der Waals surface area (Å²) in [5, 5.41) is 0. The Morgan fingerprint density at radius 2 is 2.17 bits per heavy atom. The molecule has 1 atom stereocenters. The summed E-state index contributed by atoms with van der Waals surface area (Å²) in [7, 11) is 4.23. The van der Waals surface area contributed by atoms with Gasteiger partial charge in [-0.1, -0.05) is 19.3 Å². The fourth-order valence-electron chi connectivity index (χ4n) is 3.14. The zero-order valence-corrected chi connectivity index (χ0v) is 11.7. The maximum absolute atomic E-state index is 6.00. The Labute approximate surface area is 110 Å². The number of imidazole rings is 1. The van der Waals surface area contributed by atoms with E-state index in [0.29, 0.717) is 6.04 Å². The molecule has 1 aromatic rings. The molecule has 0 aromatic carbocycles. The van der Waals surface area contributed by atoms with E-state index in [2.05, 4.69) is 21.5 Å². The first-order valence-electron chi connectivity index (χ1n) is 7.09. The zero-order valence-electron chi connectivity index (χ0n) is 11.7. The number of rotatable bonds is 5. The van der Waals surface area contributed by atoms with Crippen LogP contribution in [-0.4, -0.2) is 34.1 Å². The number of nitrogens with two attached hydrogens (primary N) is 1. The Bertz CT molecular complexity index is 354. The molecule has 0 saturated heterocycles. The highest BCUT2D eigenvalue weighted by Gasteiger charge is 2.26. The van der Waals surface area contributed by atoms with Crippen molar-refractivity contribution in [1.29, 1.82) is 0 Å². The maximum atomic E-state index is 6.00. The summed E-state index contributed by atoms with van der Waals surface area (Å²) in [6, 6.07) is 0.502. The highest BCUT2D eigenvalue weighted by Crippen LogP contribution is 2.28. The lowest BCUT2D eigenvalue weighted by molar-refractivity contribution is 0.139. The molecule has 0 spiro atoms. The van der Waals surface area contributed by atoms with Crippen LogP contribution in [0.5, 0.6) is 0 Å². The lowest BCUT2D eigenvalue weighted by Crippen LogP contribution is -2.44. The average molecular weight is 250 g/mol. The summed E-state index contributed by atoms with van der Waals surface area (Å²) in [6.07, 6.45) is 10.7. The molecule has 0 radical (unpaired) electrons. The van der Waals surface area contributed by atoms with E-state index in [4.69, 9.17) is 5.73 Å². The highest BCUT2D eigenvalue weighted by molar-refractivity contribution is 4.92. The van der Waals surface area contributed by atoms with Crippen LogP contribution in [0.15, 0.2) is 12.4 Å². The van der Waals surface area contributed by atoms with Crippen LogP contribution in [0, 0.1) is 5.92 Å². The van der Waals surface area contributed by atoms with Gasteiger partial charge in [0.05, 0.1) is 6.54 Å². The molecule has 2 N–H and O–H groups in total. The van der Waals surface area contributed by atoms with Gasteiger partial charge in [0.2, 0.25) is 0 Å². The number of hydrogen-bond acceptors (Lipinski definition) is 3. The molecule has 102 valence electrons. The lowest BCUT2D eigenvalue weighted by Gasteiger charge is -2.35. The number of nitrogens with zero attached hydrogens (tertiary/aromatic N) is 3. The van der Waals surface area contributed by atoms with E-state index in [1.807, 2.05) is 19.4 Å². The van der Waals surface area contributed by atoms with Crippen molar-refractivity contribution in [2.75, 3.05) is 13.6 Å². The number of aryl methyl sites for hydroxylation is 1. The van der Waals surface area contributed by atoms with Crippen molar-refractivity contribution >= 4 is 0 Å². The molecule has 1 saturated carbocycles. The Morgan fingerprint density at radius 3 is 2.72 bits per heavy atom. The van der Waals surface area contributed by atoms with Gasteiger partial charge in [-0.05, 0) is 25.8 Å². The third-order valence-electron chi connectivity index (χ3n) is 4.31. The van der Waals surface area contributed by atoms with Crippen LogP contribution in [0.2, 0.25) is 0 Å². The molecule has 1 aromatic heterocycles. The summed E-state index contributed by atoms with van der Waals surface area (Å²) < 4.78 is 2.09. The Kier molecular flexibility index (Phi) is 4.78. The first kappa shape index (κ1) is 13.6. The summed E-state index contributed by atoms with van der Waals surface area (Å²) in [4.78, 5) is 6.79. The maximum Gasteiger partial charge on any atom is 0.122 e. The van der Waals surface area contributed by atoms with E-state index in [1.54, 1.807) is 0 Å². The van der Waals surface area contributed by atoms with Gasteiger partial charge in [-0.15, -0.1) is 0 Å². The van der Waals surface area contributed by atoms with E-state index in [1.165, 1.54) is 32.1 Å². The van der Waals surface area contributed by atoms with Gasteiger partial charge in [-0.3, -0.25) is 4.90 Å². The van der Waals surface area contributed by atoms with Crippen molar-refractivity contribution in [1.82, 2.24) is 14.5 Å². The number of hydrogen-bond donors (Lipinski definition) is 1. The van der Waals surface area contributed by atoms with Gasteiger partial charge in [0, 0.05) is 32.0 Å². The fourth-order valence-corrected chi connectivity index (χ4v) is 3.14. The molecule has 0 amide bonds. The molecular weight excluding hydrogens is 224 g/mol. The van der Waals surface area contributed by atoms with Crippen molar-refractivity contribution in [2.24, 2.45) is 18.7 Å². The summed E-state index contributed by atoms with van der Waals surface area (Å²) in [5.74, 6) is 1.89. The Hall–Kier alpha value is -0.870. The van der Waals surface area contributed by atoms with Gasteiger partial charge >= 0.3 is 0 Å². The first-order chi connectivity index (χ1) is 8.72. The molecule has 1 aliphatic carbocycles. The third-order valence-corrected chi connectivity index (χ3v) is 4.31. The molecule has 1 unspecified atom stereocenters. The Morgan fingerprint density at radius 1 is 1.44 bits per heavy atom. The quantitative estimate of drug-likeness (QED) is 0.866. The standard InChI is InChI=1S/C14H26N4/c1-17-9-8-16-14(17)11-18(2)13(10-15)12-6-4-3-5-7-12/h8-9,12-13H,3-7,10-11,15H2,1-2H3. The van der Waals surface area contributed by atoms with Crippen LogP contribution in [0.1, 0.15) is 37.9 Å². The molecule has 4 nitrogen and oxygen atoms in total. The number of likely N-dealkylation sites (N-methyl/N-ethyl adjacent to an activating group) is 1. The minimum Gasteiger partial charge on any atom is -0.337 e. The van der Waals surface area contributed by atoms with Crippen LogP contribution < -0.4 is 5.73 Å². The van der Waals surface area contributed by atoms with Gasteiger partial charge in [0.25, 0.3) is 0 Å². The smallest absolute Gasteiger partial charge is 0.122 e. The molecule has 0 bridgehead atoms. The average Bonchev–Trinajstić information content (AvgIpc) is 2.77.